The van der Waals surface area contributed by atoms with Crippen LogP contribution in [0.15, 0.2) is 0 Å². The first-order chi connectivity index (χ1) is 16.5. The van der Waals surface area contributed by atoms with Crippen LogP contribution < -0.4 is 0 Å². The SMILES string of the molecule is C#CCO[C@@H]1OC(CO)[C@@H](O[C@@H]2OC(C)[C@H](O)C(O)C2O)C(O)C1O[C@@H]1OC(C)[C@H](O)C(O)C1O. The molecule has 15 atom stereocenters. The highest BCUT2D eigenvalue weighted by molar-refractivity contribution is 4.96. The van der Waals surface area contributed by atoms with E-state index in [1.54, 1.807) is 0 Å². The molecule has 0 aromatic carbocycles. The van der Waals surface area contributed by atoms with Crippen LogP contribution in [0.25, 0.3) is 0 Å². The average molecular weight is 510 g/mol. The predicted octanol–water partition coefficient (Wildman–Crippen LogP) is -4.86. The highest BCUT2D eigenvalue weighted by Gasteiger charge is 2.53. The Morgan fingerprint density at radius 3 is 1.60 bits per heavy atom. The van der Waals surface area contributed by atoms with Gasteiger partial charge in [-0.25, -0.2) is 0 Å². The zero-order valence-electron chi connectivity index (χ0n) is 19.2. The summed E-state index contributed by atoms with van der Waals surface area (Å²) in [4.78, 5) is 0. The lowest BCUT2D eigenvalue weighted by molar-refractivity contribution is -0.383. The molecule has 3 saturated heterocycles. The molecule has 3 fully saturated rings. The number of hydrogen-bond donors (Lipinski definition) is 8. The largest absolute Gasteiger partial charge is 0.394 e. The molecule has 0 aliphatic carbocycles. The number of terminal acetylenes is 1. The summed E-state index contributed by atoms with van der Waals surface area (Å²) in [5.41, 5.74) is 0. The second kappa shape index (κ2) is 12.0. The molecule has 14 heteroatoms. The summed E-state index contributed by atoms with van der Waals surface area (Å²) in [5, 5.41) is 81.5. The minimum atomic E-state index is -1.71. The molecule has 3 rings (SSSR count). The van der Waals surface area contributed by atoms with Crippen LogP contribution >= 0.6 is 0 Å². The predicted molar refractivity (Wildman–Crippen MR) is 111 cm³/mol. The molecule has 0 spiro atoms. The van der Waals surface area contributed by atoms with E-state index in [0.29, 0.717) is 0 Å². The Morgan fingerprint density at radius 1 is 0.657 bits per heavy atom. The van der Waals surface area contributed by atoms with Crippen molar-refractivity contribution in [3.05, 3.63) is 0 Å². The second-order valence-corrected chi connectivity index (χ2v) is 8.80. The lowest BCUT2D eigenvalue weighted by atomic mass is 9.96. The topological polar surface area (TPSA) is 217 Å². The molecule has 9 unspecified atom stereocenters. The van der Waals surface area contributed by atoms with E-state index in [9.17, 15) is 40.9 Å². The zero-order chi connectivity index (χ0) is 26.0. The molecule has 0 aromatic heterocycles. The monoisotopic (exact) mass is 510 g/mol. The van der Waals surface area contributed by atoms with Gasteiger partial charge in [-0.05, 0) is 13.8 Å². The van der Waals surface area contributed by atoms with Gasteiger partial charge in [0.2, 0.25) is 0 Å². The summed E-state index contributed by atoms with van der Waals surface area (Å²) in [7, 11) is 0. The molecule has 3 aliphatic rings. The van der Waals surface area contributed by atoms with Crippen LogP contribution in [0.4, 0.5) is 0 Å². The highest BCUT2D eigenvalue weighted by Crippen LogP contribution is 2.33. The molecule has 3 heterocycles. The summed E-state index contributed by atoms with van der Waals surface area (Å²) in [6, 6.07) is 0. The van der Waals surface area contributed by atoms with Crippen LogP contribution in [-0.2, 0) is 28.4 Å². The van der Waals surface area contributed by atoms with Gasteiger partial charge in [0, 0.05) is 0 Å². The number of aliphatic hydroxyl groups excluding tert-OH is 8. The van der Waals surface area contributed by atoms with Crippen molar-refractivity contribution < 1.29 is 69.3 Å². The fourth-order valence-electron chi connectivity index (χ4n) is 4.18. The maximum atomic E-state index is 11.1. The minimum absolute atomic E-state index is 0.279. The third-order valence-electron chi connectivity index (χ3n) is 6.33. The minimum Gasteiger partial charge on any atom is -0.394 e. The second-order valence-electron chi connectivity index (χ2n) is 8.80. The molecule has 0 radical (unpaired) electrons. The van der Waals surface area contributed by atoms with Crippen LogP contribution in [-0.4, -0.2) is 146 Å². The van der Waals surface area contributed by atoms with E-state index in [2.05, 4.69) is 5.92 Å². The van der Waals surface area contributed by atoms with E-state index in [0.717, 1.165) is 0 Å². The maximum absolute atomic E-state index is 11.1. The number of hydrogen-bond acceptors (Lipinski definition) is 14. The Hall–Kier alpha value is -1.00. The fourth-order valence-corrected chi connectivity index (χ4v) is 4.18. The smallest absolute Gasteiger partial charge is 0.188 e. The van der Waals surface area contributed by atoms with E-state index >= 15 is 0 Å². The lowest BCUT2D eigenvalue weighted by Crippen LogP contribution is -2.66. The van der Waals surface area contributed by atoms with Crippen LogP contribution in [0, 0.1) is 12.3 Å². The quantitative estimate of drug-likeness (QED) is 0.151. The first-order valence-corrected chi connectivity index (χ1v) is 11.2. The Labute approximate surface area is 201 Å². The molecule has 3 aliphatic heterocycles. The van der Waals surface area contributed by atoms with Crippen molar-refractivity contribution >= 4 is 0 Å². The molecular weight excluding hydrogens is 476 g/mol. The maximum Gasteiger partial charge on any atom is 0.188 e. The van der Waals surface area contributed by atoms with Gasteiger partial charge in [0.15, 0.2) is 18.9 Å². The van der Waals surface area contributed by atoms with Gasteiger partial charge in [0.05, 0.1) is 18.8 Å². The molecule has 0 bridgehead atoms. The first-order valence-electron chi connectivity index (χ1n) is 11.2. The third-order valence-corrected chi connectivity index (χ3v) is 6.33. The van der Waals surface area contributed by atoms with Crippen molar-refractivity contribution in [2.45, 2.75) is 106 Å². The van der Waals surface area contributed by atoms with Crippen molar-refractivity contribution in [2.24, 2.45) is 0 Å². The van der Waals surface area contributed by atoms with Gasteiger partial charge < -0.3 is 69.3 Å². The Morgan fingerprint density at radius 2 is 1.14 bits per heavy atom. The summed E-state index contributed by atoms with van der Waals surface area (Å²) in [5.74, 6) is 2.22. The van der Waals surface area contributed by atoms with Gasteiger partial charge in [-0.1, -0.05) is 5.92 Å². The van der Waals surface area contributed by atoms with Crippen molar-refractivity contribution in [2.75, 3.05) is 13.2 Å². The lowest BCUT2D eigenvalue weighted by Gasteiger charge is -2.48. The van der Waals surface area contributed by atoms with Crippen molar-refractivity contribution in [3.63, 3.8) is 0 Å². The van der Waals surface area contributed by atoms with Gasteiger partial charge >= 0.3 is 0 Å². The normalized spacial score (nSPS) is 51.1. The van der Waals surface area contributed by atoms with E-state index < -0.39 is 98.7 Å². The molecule has 8 N–H and O–H groups in total. The van der Waals surface area contributed by atoms with Crippen LogP contribution in [0.5, 0.6) is 0 Å². The van der Waals surface area contributed by atoms with Gasteiger partial charge in [-0.15, -0.1) is 6.42 Å². The highest BCUT2D eigenvalue weighted by atomic mass is 16.8. The number of aliphatic hydroxyl groups is 8. The van der Waals surface area contributed by atoms with Crippen LogP contribution in [0.3, 0.4) is 0 Å². The van der Waals surface area contributed by atoms with Crippen molar-refractivity contribution in [1.82, 2.24) is 0 Å². The van der Waals surface area contributed by atoms with Gasteiger partial charge in [-0.3, -0.25) is 0 Å². The molecule has 35 heavy (non-hydrogen) atoms. The molecular formula is C21H34O14. The molecule has 0 saturated carbocycles. The van der Waals surface area contributed by atoms with Gasteiger partial charge in [0.25, 0.3) is 0 Å². The molecule has 202 valence electrons. The summed E-state index contributed by atoms with van der Waals surface area (Å²) >= 11 is 0. The van der Waals surface area contributed by atoms with E-state index in [4.69, 9.17) is 34.8 Å². The van der Waals surface area contributed by atoms with Gasteiger partial charge in [-0.2, -0.15) is 0 Å². The first kappa shape index (κ1) is 28.6. The summed E-state index contributed by atoms with van der Waals surface area (Å²) < 4.78 is 33.2. The van der Waals surface area contributed by atoms with E-state index in [1.807, 2.05) is 0 Å². The fraction of sp³-hybridized carbons (Fsp3) is 0.905. The Kier molecular flexibility index (Phi) is 9.82. The summed E-state index contributed by atoms with van der Waals surface area (Å²) in [6.07, 6.45) is -16.4. The number of rotatable bonds is 7. The van der Waals surface area contributed by atoms with E-state index in [1.165, 1.54) is 13.8 Å². The molecule has 14 nitrogen and oxygen atoms in total. The van der Waals surface area contributed by atoms with Crippen LogP contribution in [0.2, 0.25) is 0 Å². The van der Waals surface area contributed by atoms with Gasteiger partial charge in [0.1, 0.15) is 67.6 Å². The average Bonchev–Trinajstić information content (AvgIpc) is 2.84. The zero-order valence-corrected chi connectivity index (χ0v) is 19.2. The van der Waals surface area contributed by atoms with Crippen molar-refractivity contribution in [1.29, 1.82) is 0 Å². The van der Waals surface area contributed by atoms with Crippen LogP contribution in [0.1, 0.15) is 13.8 Å². The molecule has 0 amide bonds. The third kappa shape index (κ3) is 5.95. The Balaban J connectivity index is 1.82. The number of ether oxygens (including phenoxy) is 6. The standard InChI is InChI=1S/C21H34O14/c1-4-5-30-21-18(35-20-15(28)13(26)11(24)8(3)32-20)16(29)17(9(6-22)33-21)34-19-14(27)12(25)10(23)7(2)31-19/h1,7-29H,5-6H2,2-3H3/t7?,8?,9?,10-,11-,12?,13?,14?,15?,16?,17+,18?,19-,20-,21+/m0/s1. The van der Waals surface area contributed by atoms with Crippen molar-refractivity contribution in [3.8, 4) is 12.3 Å². The molecule has 0 aromatic rings. The summed E-state index contributed by atoms with van der Waals surface area (Å²) in [6.45, 7) is 1.91. The van der Waals surface area contributed by atoms with E-state index in [-0.39, 0.29) is 6.61 Å². The Bertz CT molecular complexity index is 719.